The quantitative estimate of drug-likeness (QED) is 0.0863. The zero-order valence-electron chi connectivity index (χ0n) is 21.9. The number of benzene rings is 4. The first-order valence-electron chi connectivity index (χ1n) is 12.0. The van der Waals surface area contributed by atoms with Crippen molar-refractivity contribution in [1.82, 2.24) is 0 Å². The zero-order chi connectivity index (χ0) is 32.5. The molecule has 0 saturated heterocycles. The van der Waals surface area contributed by atoms with E-state index in [1.54, 1.807) is 0 Å². The Morgan fingerprint density at radius 3 is 0.933 bits per heavy atom. The largest absolute Gasteiger partial charge is 0.507 e. The molecule has 0 heterocycles. The molecular formula is C28H16MnO14S2. The van der Waals surface area contributed by atoms with Crippen LogP contribution in [0.25, 0.3) is 0 Å². The molecule has 0 unspecified atom stereocenters. The Morgan fingerprint density at radius 1 is 0.444 bits per heavy atom. The predicted octanol–water partition coefficient (Wildman–Crippen LogP) is 2.24. The van der Waals surface area contributed by atoms with Gasteiger partial charge in [0.25, 0.3) is 20.2 Å². The Hall–Kier alpha value is -4.90. The van der Waals surface area contributed by atoms with Gasteiger partial charge in [0.2, 0.25) is 0 Å². The Labute approximate surface area is 263 Å². The Bertz CT molecular complexity index is 2080. The molecule has 4 aromatic carbocycles. The van der Waals surface area contributed by atoms with Gasteiger partial charge in [-0.05, 0) is 0 Å². The van der Waals surface area contributed by atoms with Crippen LogP contribution in [0.15, 0.2) is 70.5 Å². The van der Waals surface area contributed by atoms with E-state index in [1.165, 1.54) is 48.5 Å². The fraction of sp³-hybridized carbons (Fsp3) is 0. The SMILES string of the molecule is O=C1c2ccccc2C(=O)c2c(O)c(S(=O)(=O)O)cc(O)c21.O=C1c2ccccc2C(=O)c2c(O)c(S(=O)(=O)O)cc(O)c21.[Mn]. The fourth-order valence-electron chi connectivity index (χ4n) is 4.86. The third-order valence-corrected chi connectivity index (χ3v) is 8.52. The standard InChI is InChI=1S/2C14H8O7S.Mn/c2*15-8-5-9(22(19,20)21)14(18)11-10(8)12(16)6-3-1-2-4-7(6)13(11)17;/h2*1-5,15,18H,(H,19,20,21);. The summed E-state index contributed by atoms with van der Waals surface area (Å²) in [6.45, 7) is 0. The Kier molecular flexibility index (Phi) is 8.23. The maximum absolute atomic E-state index is 12.4. The second-order valence-corrected chi connectivity index (χ2v) is 12.1. The van der Waals surface area contributed by atoms with Gasteiger partial charge in [-0.1, -0.05) is 48.5 Å². The average Bonchev–Trinajstić information content (AvgIpc) is 2.95. The number of phenolic OH excluding ortho intramolecular Hbond substituents is 4. The van der Waals surface area contributed by atoms with Crippen molar-refractivity contribution in [2.24, 2.45) is 0 Å². The molecule has 0 spiro atoms. The molecule has 6 N–H and O–H groups in total. The van der Waals surface area contributed by atoms with Crippen LogP contribution in [-0.2, 0) is 37.3 Å². The minimum atomic E-state index is -4.88. The van der Waals surface area contributed by atoms with Gasteiger partial charge in [-0.25, -0.2) is 0 Å². The molecule has 0 aliphatic heterocycles. The van der Waals surface area contributed by atoms with E-state index >= 15 is 0 Å². The minimum absolute atomic E-state index is 0. The van der Waals surface area contributed by atoms with Gasteiger partial charge in [0.15, 0.2) is 23.1 Å². The van der Waals surface area contributed by atoms with E-state index in [9.17, 15) is 56.4 Å². The summed E-state index contributed by atoms with van der Waals surface area (Å²) in [5.41, 5.74) is -2.25. The van der Waals surface area contributed by atoms with Crippen molar-refractivity contribution in [2.45, 2.75) is 9.79 Å². The number of hydrogen-bond acceptors (Lipinski definition) is 12. The molecule has 2 aliphatic rings. The van der Waals surface area contributed by atoms with Crippen molar-refractivity contribution < 1.29 is 82.6 Å². The summed E-state index contributed by atoms with van der Waals surface area (Å²) in [6.07, 6.45) is 0. The van der Waals surface area contributed by atoms with Crippen LogP contribution in [0.2, 0.25) is 0 Å². The van der Waals surface area contributed by atoms with E-state index in [-0.39, 0.29) is 39.3 Å². The van der Waals surface area contributed by atoms with Crippen LogP contribution in [0.5, 0.6) is 23.0 Å². The average molecular weight is 695 g/mol. The zero-order valence-corrected chi connectivity index (χ0v) is 24.7. The summed E-state index contributed by atoms with van der Waals surface area (Å²) in [5.74, 6) is -6.83. The predicted molar refractivity (Wildman–Crippen MR) is 146 cm³/mol. The number of carbonyl (C=O) groups is 4. The van der Waals surface area contributed by atoms with Gasteiger partial charge < -0.3 is 20.4 Å². The van der Waals surface area contributed by atoms with E-state index in [0.717, 1.165) is 0 Å². The van der Waals surface area contributed by atoms with Crippen molar-refractivity contribution in [3.63, 3.8) is 0 Å². The van der Waals surface area contributed by atoms with Gasteiger partial charge in [-0.15, -0.1) is 0 Å². The fourth-order valence-corrected chi connectivity index (χ4v) is 6.07. The van der Waals surface area contributed by atoms with Gasteiger partial charge >= 0.3 is 0 Å². The molecule has 231 valence electrons. The van der Waals surface area contributed by atoms with Crippen LogP contribution >= 0.6 is 0 Å². The van der Waals surface area contributed by atoms with Gasteiger partial charge in [0.1, 0.15) is 32.8 Å². The minimum Gasteiger partial charge on any atom is -0.507 e. The second kappa shape index (κ2) is 11.2. The molecule has 0 bridgehead atoms. The third kappa shape index (κ3) is 5.27. The molecule has 14 nitrogen and oxygen atoms in total. The molecule has 0 saturated carbocycles. The second-order valence-electron chi connectivity index (χ2n) is 9.34. The smallest absolute Gasteiger partial charge is 0.298 e. The summed E-state index contributed by atoms with van der Waals surface area (Å²) in [7, 11) is -9.76. The van der Waals surface area contributed by atoms with E-state index in [2.05, 4.69) is 0 Å². The molecule has 2 aliphatic carbocycles. The molecule has 17 heteroatoms. The summed E-state index contributed by atoms with van der Waals surface area (Å²) in [4.78, 5) is 47.4. The number of ketones is 4. The first-order chi connectivity index (χ1) is 20.5. The molecule has 4 aromatic rings. The molecule has 45 heavy (non-hydrogen) atoms. The number of phenols is 4. The van der Waals surface area contributed by atoms with Crippen LogP contribution < -0.4 is 0 Å². The summed E-state index contributed by atoms with van der Waals surface area (Å²) >= 11 is 0. The van der Waals surface area contributed by atoms with Crippen molar-refractivity contribution >= 4 is 43.4 Å². The first-order valence-corrected chi connectivity index (χ1v) is 14.8. The van der Waals surface area contributed by atoms with Gasteiger partial charge in [0, 0.05) is 51.5 Å². The monoisotopic (exact) mass is 695 g/mol. The first kappa shape index (κ1) is 33.0. The van der Waals surface area contributed by atoms with Crippen LogP contribution in [0.3, 0.4) is 0 Å². The van der Waals surface area contributed by atoms with Crippen molar-refractivity contribution in [1.29, 1.82) is 0 Å². The van der Waals surface area contributed by atoms with Crippen LogP contribution in [0, 0.1) is 0 Å². The van der Waals surface area contributed by atoms with Gasteiger partial charge in [-0.3, -0.25) is 28.3 Å². The molecule has 1 radical (unpaired) electrons. The normalized spacial score (nSPS) is 13.4. The van der Waals surface area contributed by atoms with Gasteiger partial charge in [-0.2, -0.15) is 16.8 Å². The Morgan fingerprint density at radius 2 is 0.689 bits per heavy atom. The number of hydrogen-bond donors (Lipinski definition) is 6. The Balaban J connectivity index is 0.000000200. The van der Waals surface area contributed by atoms with E-state index in [1.807, 2.05) is 0 Å². The third-order valence-electron chi connectivity index (χ3n) is 6.78. The maximum atomic E-state index is 12.4. The maximum Gasteiger partial charge on any atom is 0.298 e. The van der Waals surface area contributed by atoms with Crippen molar-refractivity contribution in [3.8, 4) is 23.0 Å². The summed E-state index contributed by atoms with van der Waals surface area (Å²) in [5, 5.41) is 39.7. The molecule has 6 rings (SSSR count). The molecule has 0 atom stereocenters. The molecule has 0 fully saturated rings. The van der Waals surface area contributed by atoms with Crippen LogP contribution in [-0.4, -0.2) is 69.5 Å². The topological polar surface area (TPSA) is 258 Å². The molecular weight excluding hydrogens is 679 g/mol. The summed E-state index contributed by atoms with van der Waals surface area (Å²) < 4.78 is 63.0. The number of fused-ring (bicyclic) bond motifs is 4. The van der Waals surface area contributed by atoms with E-state index in [0.29, 0.717) is 12.1 Å². The van der Waals surface area contributed by atoms with Crippen molar-refractivity contribution in [2.75, 3.05) is 0 Å². The molecule has 0 amide bonds. The van der Waals surface area contributed by atoms with Gasteiger partial charge in [0.05, 0.1) is 22.3 Å². The summed E-state index contributed by atoms with van der Waals surface area (Å²) in [6, 6.07) is 12.6. The van der Waals surface area contributed by atoms with Crippen LogP contribution in [0.1, 0.15) is 63.7 Å². The number of rotatable bonds is 2. The van der Waals surface area contributed by atoms with Crippen molar-refractivity contribution in [3.05, 3.63) is 105 Å². The number of carbonyl (C=O) groups excluding carboxylic acids is 4. The van der Waals surface area contributed by atoms with E-state index < -0.39 is 98.4 Å². The molecule has 0 aromatic heterocycles. The number of aromatic hydroxyl groups is 4. The van der Waals surface area contributed by atoms with Crippen LogP contribution in [0.4, 0.5) is 0 Å². The van der Waals surface area contributed by atoms with E-state index in [4.69, 9.17) is 9.11 Å².